The summed E-state index contributed by atoms with van der Waals surface area (Å²) in [6.07, 6.45) is 2.36. The number of benzene rings is 1. The first kappa shape index (κ1) is 16.4. The van der Waals surface area contributed by atoms with Gasteiger partial charge < -0.3 is 4.57 Å². The lowest BCUT2D eigenvalue weighted by Crippen LogP contribution is -2.07. The van der Waals surface area contributed by atoms with E-state index < -0.39 is 9.84 Å². The third-order valence-corrected chi connectivity index (χ3v) is 5.42. The zero-order valence-electron chi connectivity index (χ0n) is 12.7. The van der Waals surface area contributed by atoms with Gasteiger partial charge in [-0.25, -0.2) is 13.4 Å². The Hall–Kier alpha value is -1.01. The molecule has 21 heavy (non-hydrogen) atoms. The molecule has 116 valence electrons. The van der Waals surface area contributed by atoms with Crippen molar-refractivity contribution in [1.29, 1.82) is 0 Å². The van der Waals surface area contributed by atoms with Crippen LogP contribution in [0.1, 0.15) is 20.3 Å². The molecule has 0 bridgehead atoms. The van der Waals surface area contributed by atoms with Crippen LogP contribution >= 0.6 is 11.8 Å². The summed E-state index contributed by atoms with van der Waals surface area (Å²) in [5.41, 5.74) is 2.10. The van der Waals surface area contributed by atoms with E-state index in [1.54, 1.807) is 0 Å². The molecular formula is C15H22N2O2S2. The molecule has 0 aliphatic rings. The van der Waals surface area contributed by atoms with Crippen LogP contribution in [-0.4, -0.2) is 35.7 Å². The predicted octanol–water partition coefficient (Wildman–Crippen LogP) is 3.22. The van der Waals surface area contributed by atoms with Gasteiger partial charge in [-0.15, -0.1) is 0 Å². The van der Waals surface area contributed by atoms with Crippen molar-refractivity contribution in [2.45, 2.75) is 32.0 Å². The number of nitrogens with zero attached hydrogens (tertiary/aromatic N) is 2. The first-order valence-corrected chi connectivity index (χ1v) is 10.2. The number of fused-ring (bicyclic) bond motifs is 1. The van der Waals surface area contributed by atoms with E-state index in [2.05, 4.69) is 29.5 Å². The molecule has 0 amide bonds. The molecule has 0 unspecified atom stereocenters. The highest BCUT2D eigenvalue weighted by Gasteiger charge is 2.12. The molecule has 2 aromatic rings. The second-order valence-corrected chi connectivity index (χ2v) is 9.02. The molecule has 2 rings (SSSR count). The molecule has 1 heterocycles. The minimum absolute atomic E-state index is 0.186. The molecule has 1 aromatic carbocycles. The lowest BCUT2D eigenvalue weighted by atomic mass is 10.1. The summed E-state index contributed by atoms with van der Waals surface area (Å²) in [5.74, 6) is 1.36. The Bertz CT molecular complexity index is 706. The standard InChI is InChI=1S/C15H22N2O2S2/c1-12(2)8-9-17-14-7-5-4-6-13(14)16-15(17)20-10-11-21(3,18)19/h4-7,12H,8-11H2,1-3H3. The van der Waals surface area contributed by atoms with Crippen molar-refractivity contribution in [2.75, 3.05) is 17.8 Å². The van der Waals surface area contributed by atoms with Gasteiger partial charge in [0.1, 0.15) is 9.84 Å². The number of hydrogen-bond donors (Lipinski definition) is 0. The summed E-state index contributed by atoms with van der Waals surface area (Å²) in [6, 6.07) is 8.07. The van der Waals surface area contributed by atoms with Crippen LogP contribution in [0.3, 0.4) is 0 Å². The number of hydrogen-bond acceptors (Lipinski definition) is 4. The number of aromatic nitrogens is 2. The Balaban J connectivity index is 2.22. The van der Waals surface area contributed by atoms with Gasteiger partial charge in [0.05, 0.1) is 16.8 Å². The second-order valence-electron chi connectivity index (χ2n) is 5.70. The molecular weight excluding hydrogens is 304 g/mol. The second kappa shape index (κ2) is 6.83. The van der Waals surface area contributed by atoms with Crippen LogP contribution in [0.4, 0.5) is 0 Å². The quantitative estimate of drug-likeness (QED) is 0.733. The Morgan fingerprint density at radius 2 is 2.00 bits per heavy atom. The van der Waals surface area contributed by atoms with Gasteiger partial charge in [0.15, 0.2) is 5.16 Å². The number of para-hydroxylation sites is 2. The smallest absolute Gasteiger partial charge is 0.169 e. The summed E-state index contributed by atoms with van der Waals surface area (Å²) in [5, 5.41) is 0.917. The fourth-order valence-corrected chi connectivity index (χ4v) is 4.29. The van der Waals surface area contributed by atoms with Gasteiger partial charge >= 0.3 is 0 Å². The monoisotopic (exact) mass is 326 g/mol. The highest BCUT2D eigenvalue weighted by Crippen LogP contribution is 2.25. The van der Waals surface area contributed by atoms with Crippen molar-refractivity contribution in [1.82, 2.24) is 9.55 Å². The number of aryl methyl sites for hydroxylation is 1. The van der Waals surface area contributed by atoms with E-state index in [0.717, 1.165) is 29.2 Å². The van der Waals surface area contributed by atoms with Gasteiger partial charge in [0.2, 0.25) is 0 Å². The average molecular weight is 326 g/mol. The lowest BCUT2D eigenvalue weighted by molar-refractivity contribution is 0.503. The van der Waals surface area contributed by atoms with Gasteiger partial charge in [-0.2, -0.15) is 0 Å². The fraction of sp³-hybridized carbons (Fsp3) is 0.533. The fourth-order valence-electron chi connectivity index (χ4n) is 2.05. The first-order chi connectivity index (χ1) is 9.87. The number of thioether (sulfide) groups is 1. The van der Waals surface area contributed by atoms with Gasteiger partial charge in [-0.3, -0.25) is 0 Å². The van der Waals surface area contributed by atoms with Crippen LogP contribution in [0.15, 0.2) is 29.4 Å². The summed E-state index contributed by atoms with van der Waals surface area (Å²) in [6.45, 7) is 5.32. The van der Waals surface area contributed by atoms with E-state index in [-0.39, 0.29) is 5.75 Å². The van der Waals surface area contributed by atoms with Crippen molar-refractivity contribution in [3.8, 4) is 0 Å². The van der Waals surface area contributed by atoms with E-state index in [9.17, 15) is 8.42 Å². The normalized spacial score (nSPS) is 12.4. The molecule has 6 heteroatoms. The van der Waals surface area contributed by atoms with E-state index in [1.807, 2.05) is 18.2 Å². The molecule has 0 atom stereocenters. The maximum Gasteiger partial charge on any atom is 0.169 e. The molecule has 0 N–H and O–H groups in total. The molecule has 0 fully saturated rings. The Morgan fingerprint density at radius 3 is 2.67 bits per heavy atom. The average Bonchev–Trinajstić information content (AvgIpc) is 2.72. The van der Waals surface area contributed by atoms with Crippen LogP contribution < -0.4 is 0 Å². The van der Waals surface area contributed by atoms with Gasteiger partial charge in [0.25, 0.3) is 0 Å². The molecule has 4 nitrogen and oxygen atoms in total. The maximum atomic E-state index is 11.3. The summed E-state index contributed by atoms with van der Waals surface area (Å²) < 4.78 is 24.7. The largest absolute Gasteiger partial charge is 0.319 e. The van der Waals surface area contributed by atoms with Crippen molar-refractivity contribution >= 4 is 32.6 Å². The van der Waals surface area contributed by atoms with Crippen molar-refractivity contribution in [2.24, 2.45) is 5.92 Å². The zero-order chi connectivity index (χ0) is 15.5. The van der Waals surface area contributed by atoms with E-state index in [4.69, 9.17) is 0 Å². The highest BCUT2D eigenvalue weighted by atomic mass is 32.2. The van der Waals surface area contributed by atoms with Crippen molar-refractivity contribution < 1.29 is 8.42 Å². The van der Waals surface area contributed by atoms with Gasteiger partial charge in [0, 0.05) is 18.6 Å². The summed E-state index contributed by atoms with van der Waals surface area (Å²) in [4.78, 5) is 4.64. The SMILES string of the molecule is CC(C)CCn1c(SCCS(C)(=O)=O)nc2ccccc21. The number of imidazole rings is 1. The Morgan fingerprint density at radius 1 is 1.29 bits per heavy atom. The van der Waals surface area contributed by atoms with Crippen LogP contribution in [0.25, 0.3) is 11.0 Å². The van der Waals surface area contributed by atoms with Gasteiger partial charge in [-0.1, -0.05) is 37.7 Å². The minimum atomic E-state index is -2.92. The topological polar surface area (TPSA) is 52.0 Å². The van der Waals surface area contributed by atoms with Crippen LogP contribution in [0.5, 0.6) is 0 Å². The third-order valence-electron chi connectivity index (χ3n) is 3.23. The maximum absolute atomic E-state index is 11.3. The van der Waals surface area contributed by atoms with Crippen molar-refractivity contribution in [3.63, 3.8) is 0 Å². The molecule has 0 aliphatic heterocycles. The molecule has 0 spiro atoms. The highest BCUT2D eigenvalue weighted by molar-refractivity contribution is 8.00. The summed E-state index contributed by atoms with van der Waals surface area (Å²) in [7, 11) is -2.92. The molecule has 0 saturated carbocycles. The third kappa shape index (κ3) is 4.74. The predicted molar refractivity (Wildman–Crippen MR) is 89.6 cm³/mol. The number of sulfone groups is 1. The summed E-state index contributed by atoms with van der Waals surface area (Å²) >= 11 is 1.52. The lowest BCUT2D eigenvalue weighted by Gasteiger charge is -2.10. The van der Waals surface area contributed by atoms with E-state index in [1.165, 1.54) is 18.0 Å². The van der Waals surface area contributed by atoms with Crippen LogP contribution in [0, 0.1) is 5.92 Å². The molecule has 0 saturated heterocycles. The van der Waals surface area contributed by atoms with E-state index >= 15 is 0 Å². The molecule has 1 aromatic heterocycles. The van der Waals surface area contributed by atoms with Gasteiger partial charge in [-0.05, 0) is 24.5 Å². The molecule has 0 aliphatic carbocycles. The first-order valence-electron chi connectivity index (χ1n) is 7.12. The Kier molecular flexibility index (Phi) is 5.32. The van der Waals surface area contributed by atoms with E-state index in [0.29, 0.717) is 11.7 Å². The number of rotatable bonds is 7. The van der Waals surface area contributed by atoms with Crippen molar-refractivity contribution in [3.05, 3.63) is 24.3 Å². The van der Waals surface area contributed by atoms with Crippen LogP contribution in [0.2, 0.25) is 0 Å². The molecule has 0 radical (unpaired) electrons. The minimum Gasteiger partial charge on any atom is -0.319 e. The van der Waals surface area contributed by atoms with Crippen LogP contribution in [-0.2, 0) is 16.4 Å². The Labute approximate surface area is 130 Å². The zero-order valence-corrected chi connectivity index (χ0v) is 14.4.